The molecule has 0 radical (unpaired) electrons. The molecular formula is C23H28O3. The van der Waals surface area contributed by atoms with Gasteiger partial charge in [0, 0.05) is 12.8 Å². The summed E-state index contributed by atoms with van der Waals surface area (Å²) in [5.41, 5.74) is 6.56. The molecule has 26 heavy (non-hydrogen) atoms. The molecule has 1 saturated carbocycles. The number of hydrogen-bond donors (Lipinski definition) is 2. The first-order valence-electron chi connectivity index (χ1n) is 9.75. The molecule has 0 bridgehead atoms. The van der Waals surface area contributed by atoms with Gasteiger partial charge in [-0.1, -0.05) is 48.0 Å². The summed E-state index contributed by atoms with van der Waals surface area (Å²) in [6.07, 6.45) is 3.80. The van der Waals surface area contributed by atoms with E-state index in [4.69, 9.17) is 4.74 Å². The molecule has 1 saturated heterocycles. The van der Waals surface area contributed by atoms with Gasteiger partial charge in [-0.15, -0.1) is 0 Å². The summed E-state index contributed by atoms with van der Waals surface area (Å²) in [6.45, 7) is 2.08. The Balaban J connectivity index is 1.61. The van der Waals surface area contributed by atoms with Crippen molar-refractivity contribution in [2.75, 3.05) is 6.61 Å². The summed E-state index contributed by atoms with van der Waals surface area (Å²) < 4.78 is 6.02. The Kier molecular flexibility index (Phi) is 5.12. The normalized spacial score (nSPS) is 26.0. The molecule has 1 aliphatic heterocycles. The van der Waals surface area contributed by atoms with E-state index in [0.29, 0.717) is 18.8 Å². The van der Waals surface area contributed by atoms with E-state index >= 15 is 0 Å². The highest BCUT2D eigenvalue weighted by molar-refractivity contribution is 5.41. The molecule has 1 heterocycles. The maximum atomic E-state index is 10.1. The first-order chi connectivity index (χ1) is 12.6. The van der Waals surface area contributed by atoms with Crippen molar-refractivity contribution in [3.05, 3.63) is 70.3 Å². The highest BCUT2D eigenvalue weighted by Gasteiger charge is 2.31. The number of aliphatic hydroxyl groups excluding tert-OH is 2. The van der Waals surface area contributed by atoms with E-state index < -0.39 is 6.10 Å². The number of rotatable bonds is 5. The Morgan fingerprint density at radius 2 is 1.81 bits per heavy atom. The standard InChI is InChI=1S/C23H28O3/c1-15-2-4-16(5-3-15)10-19-11-18(8-9-22(19)17-6-7-17)23-13-20(25)12-21(14-24)26-23/h2-5,8-9,11,17,20-21,23-25H,6-7,10,12-14H2,1H3/t20-,21-,23+/m0/s1. The maximum absolute atomic E-state index is 10.1. The third-order valence-electron chi connectivity index (χ3n) is 5.65. The third-order valence-corrected chi connectivity index (χ3v) is 5.65. The molecule has 138 valence electrons. The van der Waals surface area contributed by atoms with Crippen molar-refractivity contribution >= 4 is 0 Å². The molecule has 2 N–H and O–H groups in total. The molecule has 2 aromatic carbocycles. The lowest BCUT2D eigenvalue weighted by Gasteiger charge is -2.33. The number of ether oxygens (including phenoxy) is 1. The van der Waals surface area contributed by atoms with Crippen LogP contribution in [0.25, 0.3) is 0 Å². The van der Waals surface area contributed by atoms with Gasteiger partial charge in [0.25, 0.3) is 0 Å². The molecule has 3 nitrogen and oxygen atoms in total. The van der Waals surface area contributed by atoms with E-state index in [-0.39, 0.29) is 18.8 Å². The zero-order valence-electron chi connectivity index (χ0n) is 15.4. The molecule has 2 aromatic rings. The van der Waals surface area contributed by atoms with Crippen molar-refractivity contribution in [2.45, 2.75) is 63.3 Å². The largest absolute Gasteiger partial charge is 0.394 e. The minimum Gasteiger partial charge on any atom is -0.394 e. The van der Waals surface area contributed by atoms with Crippen molar-refractivity contribution in [3.8, 4) is 0 Å². The average molecular weight is 352 g/mol. The van der Waals surface area contributed by atoms with Gasteiger partial charge in [0.05, 0.1) is 24.9 Å². The Morgan fingerprint density at radius 3 is 2.50 bits per heavy atom. The zero-order valence-corrected chi connectivity index (χ0v) is 15.4. The summed E-state index contributed by atoms with van der Waals surface area (Å²) in [7, 11) is 0. The minimum absolute atomic E-state index is 0.0378. The van der Waals surface area contributed by atoms with Crippen molar-refractivity contribution in [1.29, 1.82) is 0 Å². The molecule has 3 heteroatoms. The van der Waals surface area contributed by atoms with Crippen molar-refractivity contribution in [2.24, 2.45) is 0 Å². The quantitative estimate of drug-likeness (QED) is 0.854. The number of aryl methyl sites for hydroxylation is 1. The van der Waals surface area contributed by atoms with Crippen LogP contribution in [-0.2, 0) is 11.2 Å². The summed E-state index contributed by atoms with van der Waals surface area (Å²) in [6, 6.07) is 15.4. The van der Waals surface area contributed by atoms with Crippen LogP contribution in [0.1, 0.15) is 65.5 Å². The predicted octanol–water partition coefficient (Wildman–Crippen LogP) is 4.04. The Morgan fingerprint density at radius 1 is 1.04 bits per heavy atom. The fraction of sp³-hybridized carbons (Fsp3) is 0.478. The average Bonchev–Trinajstić information content (AvgIpc) is 3.48. The Hall–Kier alpha value is -1.68. The van der Waals surface area contributed by atoms with Gasteiger partial charge in [0.15, 0.2) is 0 Å². The second-order valence-electron chi connectivity index (χ2n) is 7.95. The van der Waals surface area contributed by atoms with E-state index in [1.54, 1.807) is 0 Å². The molecule has 2 aliphatic rings. The van der Waals surface area contributed by atoms with E-state index in [1.165, 1.54) is 35.1 Å². The van der Waals surface area contributed by atoms with E-state index in [0.717, 1.165) is 12.0 Å². The van der Waals surface area contributed by atoms with Crippen LogP contribution < -0.4 is 0 Å². The summed E-state index contributed by atoms with van der Waals surface area (Å²) in [4.78, 5) is 0. The van der Waals surface area contributed by atoms with Gasteiger partial charge in [0.1, 0.15) is 0 Å². The molecule has 0 spiro atoms. The lowest BCUT2D eigenvalue weighted by atomic mass is 9.90. The first kappa shape index (κ1) is 17.7. The smallest absolute Gasteiger partial charge is 0.0854 e. The van der Waals surface area contributed by atoms with Crippen molar-refractivity contribution in [1.82, 2.24) is 0 Å². The lowest BCUT2D eigenvalue weighted by Crippen LogP contribution is -2.33. The third kappa shape index (κ3) is 4.01. The fourth-order valence-corrected chi connectivity index (χ4v) is 4.02. The summed E-state index contributed by atoms with van der Waals surface area (Å²) >= 11 is 0. The Bertz CT molecular complexity index is 749. The molecule has 0 aromatic heterocycles. The van der Waals surface area contributed by atoms with Crippen LogP contribution in [0.4, 0.5) is 0 Å². The van der Waals surface area contributed by atoms with Gasteiger partial charge in [-0.2, -0.15) is 0 Å². The van der Waals surface area contributed by atoms with Crippen LogP contribution in [0.15, 0.2) is 42.5 Å². The molecule has 2 fully saturated rings. The molecule has 4 rings (SSSR count). The first-order valence-corrected chi connectivity index (χ1v) is 9.75. The van der Waals surface area contributed by atoms with E-state index in [1.807, 2.05) is 0 Å². The molecule has 1 aliphatic carbocycles. The minimum atomic E-state index is -0.408. The second-order valence-corrected chi connectivity index (χ2v) is 7.95. The topological polar surface area (TPSA) is 49.7 Å². The van der Waals surface area contributed by atoms with Gasteiger partial charge >= 0.3 is 0 Å². The SMILES string of the molecule is Cc1ccc(Cc2cc([C@H]3C[C@@H](O)C[C@@H](CO)O3)ccc2C2CC2)cc1. The highest BCUT2D eigenvalue weighted by atomic mass is 16.5. The number of aliphatic hydroxyl groups is 2. The van der Waals surface area contributed by atoms with Crippen LogP contribution >= 0.6 is 0 Å². The maximum Gasteiger partial charge on any atom is 0.0854 e. The zero-order chi connectivity index (χ0) is 18.1. The van der Waals surface area contributed by atoms with Crippen LogP contribution in [0.5, 0.6) is 0 Å². The highest BCUT2D eigenvalue weighted by Crippen LogP contribution is 2.43. The van der Waals surface area contributed by atoms with Gasteiger partial charge < -0.3 is 14.9 Å². The van der Waals surface area contributed by atoms with Gasteiger partial charge in [-0.05, 0) is 54.4 Å². The number of benzene rings is 2. The molecular weight excluding hydrogens is 324 g/mol. The van der Waals surface area contributed by atoms with Gasteiger partial charge in [-0.3, -0.25) is 0 Å². The molecule has 0 amide bonds. The number of hydrogen-bond acceptors (Lipinski definition) is 3. The molecule has 3 atom stereocenters. The lowest BCUT2D eigenvalue weighted by molar-refractivity contribution is -0.113. The predicted molar refractivity (Wildman–Crippen MR) is 102 cm³/mol. The molecule has 0 unspecified atom stereocenters. The van der Waals surface area contributed by atoms with Crippen LogP contribution in [0.2, 0.25) is 0 Å². The Labute approximate surface area is 155 Å². The van der Waals surface area contributed by atoms with Crippen LogP contribution in [-0.4, -0.2) is 29.0 Å². The monoisotopic (exact) mass is 352 g/mol. The second kappa shape index (κ2) is 7.51. The van der Waals surface area contributed by atoms with Crippen molar-refractivity contribution in [3.63, 3.8) is 0 Å². The summed E-state index contributed by atoms with van der Waals surface area (Å²) in [5, 5.41) is 19.6. The summed E-state index contributed by atoms with van der Waals surface area (Å²) in [5.74, 6) is 0.701. The van der Waals surface area contributed by atoms with Crippen molar-refractivity contribution < 1.29 is 14.9 Å². The van der Waals surface area contributed by atoms with Gasteiger partial charge in [-0.25, -0.2) is 0 Å². The van der Waals surface area contributed by atoms with E-state index in [9.17, 15) is 10.2 Å². The fourth-order valence-electron chi connectivity index (χ4n) is 4.02. The van der Waals surface area contributed by atoms with E-state index in [2.05, 4.69) is 49.4 Å². The van der Waals surface area contributed by atoms with Crippen LogP contribution in [0, 0.1) is 6.92 Å². The van der Waals surface area contributed by atoms with Gasteiger partial charge in [0.2, 0.25) is 0 Å². The van der Waals surface area contributed by atoms with Crippen LogP contribution in [0.3, 0.4) is 0 Å².